The van der Waals surface area contributed by atoms with Gasteiger partial charge in [-0.05, 0) is 47.0 Å². The number of halogens is 2. The van der Waals surface area contributed by atoms with Gasteiger partial charge in [-0.2, -0.15) is 0 Å². The van der Waals surface area contributed by atoms with Crippen LogP contribution in [0, 0.1) is 0 Å². The third kappa shape index (κ3) is 2.99. The molecule has 88 valence electrons. The third-order valence-corrected chi connectivity index (χ3v) is 4.22. The molecule has 0 spiro atoms. The van der Waals surface area contributed by atoms with Gasteiger partial charge in [-0.25, -0.2) is 0 Å². The van der Waals surface area contributed by atoms with Crippen LogP contribution in [0.4, 0.5) is 5.69 Å². The molecular formula is C12H15Br2NO. The largest absolute Gasteiger partial charge is 0.388 e. The summed E-state index contributed by atoms with van der Waals surface area (Å²) >= 11 is 6.92. The normalized spacial score (nSPS) is 18.7. The number of aliphatic hydroxyl groups is 1. The lowest BCUT2D eigenvalue weighted by Crippen LogP contribution is -2.33. The summed E-state index contributed by atoms with van der Waals surface area (Å²) in [6.45, 7) is 0.632. The van der Waals surface area contributed by atoms with Crippen LogP contribution < -0.4 is 5.32 Å². The van der Waals surface area contributed by atoms with Gasteiger partial charge < -0.3 is 10.4 Å². The Balaban J connectivity index is 1.99. The molecule has 1 aliphatic rings. The Morgan fingerprint density at radius 1 is 1.25 bits per heavy atom. The van der Waals surface area contributed by atoms with Gasteiger partial charge in [0.15, 0.2) is 0 Å². The molecule has 1 fully saturated rings. The molecule has 0 aliphatic heterocycles. The first kappa shape index (κ1) is 12.4. The van der Waals surface area contributed by atoms with E-state index < -0.39 is 5.60 Å². The van der Waals surface area contributed by atoms with Gasteiger partial charge >= 0.3 is 0 Å². The van der Waals surface area contributed by atoms with E-state index in [1.807, 2.05) is 18.2 Å². The van der Waals surface area contributed by atoms with E-state index >= 15 is 0 Å². The van der Waals surface area contributed by atoms with Gasteiger partial charge in [-0.3, -0.25) is 0 Å². The maximum Gasteiger partial charge on any atom is 0.0819 e. The number of hydrogen-bond acceptors (Lipinski definition) is 2. The third-order valence-electron chi connectivity index (χ3n) is 3.07. The predicted molar refractivity (Wildman–Crippen MR) is 73.7 cm³/mol. The second kappa shape index (κ2) is 5.07. The zero-order chi connectivity index (χ0) is 11.6. The van der Waals surface area contributed by atoms with Crippen LogP contribution in [0.2, 0.25) is 0 Å². The van der Waals surface area contributed by atoms with E-state index in [1.165, 1.54) is 0 Å². The maximum absolute atomic E-state index is 10.2. The van der Waals surface area contributed by atoms with Crippen LogP contribution in [0.5, 0.6) is 0 Å². The highest BCUT2D eigenvalue weighted by Gasteiger charge is 2.30. The van der Waals surface area contributed by atoms with Crippen molar-refractivity contribution in [2.75, 3.05) is 11.9 Å². The molecule has 1 aromatic carbocycles. The van der Waals surface area contributed by atoms with Gasteiger partial charge in [0, 0.05) is 21.2 Å². The number of anilines is 1. The fraction of sp³-hybridized carbons (Fsp3) is 0.500. The van der Waals surface area contributed by atoms with Crippen molar-refractivity contribution >= 4 is 37.5 Å². The number of benzene rings is 1. The van der Waals surface area contributed by atoms with Crippen molar-refractivity contribution in [1.29, 1.82) is 0 Å². The van der Waals surface area contributed by atoms with Crippen molar-refractivity contribution in [2.24, 2.45) is 0 Å². The number of rotatable bonds is 3. The lowest BCUT2D eigenvalue weighted by Gasteiger charge is -2.23. The minimum absolute atomic E-state index is 0.507. The molecule has 2 N–H and O–H groups in total. The molecule has 0 unspecified atom stereocenters. The first-order valence-electron chi connectivity index (χ1n) is 5.50. The molecule has 0 bridgehead atoms. The summed E-state index contributed by atoms with van der Waals surface area (Å²) in [5, 5.41) is 13.5. The summed E-state index contributed by atoms with van der Waals surface area (Å²) in [5.74, 6) is 0. The molecule has 2 rings (SSSR count). The summed E-state index contributed by atoms with van der Waals surface area (Å²) in [4.78, 5) is 0. The van der Waals surface area contributed by atoms with E-state index in [-0.39, 0.29) is 0 Å². The average Bonchev–Trinajstić information content (AvgIpc) is 2.64. The molecule has 4 heteroatoms. The van der Waals surface area contributed by atoms with Crippen molar-refractivity contribution in [3.63, 3.8) is 0 Å². The van der Waals surface area contributed by atoms with E-state index in [2.05, 4.69) is 37.2 Å². The molecule has 0 atom stereocenters. The molecular weight excluding hydrogens is 334 g/mol. The average molecular weight is 349 g/mol. The quantitative estimate of drug-likeness (QED) is 0.867. The van der Waals surface area contributed by atoms with Crippen molar-refractivity contribution in [2.45, 2.75) is 31.3 Å². The Kier molecular flexibility index (Phi) is 3.93. The van der Waals surface area contributed by atoms with Crippen LogP contribution in [-0.2, 0) is 0 Å². The van der Waals surface area contributed by atoms with Gasteiger partial charge in [0.2, 0.25) is 0 Å². The van der Waals surface area contributed by atoms with E-state index in [1.54, 1.807) is 0 Å². The van der Waals surface area contributed by atoms with Crippen molar-refractivity contribution in [1.82, 2.24) is 0 Å². The van der Waals surface area contributed by atoms with E-state index in [0.29, 0.717) is 6.54 Å². The highest BCUT2D eigenvalue weighted by atomic mass is 79.9. The predicted octanol–water partition coefficient (Wildman–Crippen LogP) is 3.93. The van der Waals surface area contributed by atoms with Crippen molar-refractivity contribution in [3.05, 3.63) is 27.1 Å². The highest BCUT2D eigenvalue weighted by Crippen LogP contribution is 2.31. The molecule has 16 heavy (non-hydrogen) atoms. The fourth-order valence-corrected chi connectivity index (χ4v) is 3.29. The van der Waals surface area contributed by atoms with Crippen molar-refractivity contribution < 1.29 is 5.11 Å². The lowest BCUT2D eigenvalue weighted by atomic mass is 10.0. The SMILES string of the molecule is OC1(CNc2ccc(Br)cc2Br)CCCC1. The Morgan fingerprint density at radius 3 is 2.56 bits per heavy atom. The second-order valence-corrected chi connectivity index (χ2v) is 6.18. The Hall–Kier alpha value is -0.0600. The molecule has 1 aliphatic carbocycles. The topological polar surface area (TPSA) is 32.3 Å². The van der Waals surface area contributed by atoms with Crippen LogP contribution in [-0.4, -0.2) is 17.3 Å². The number of hydrogen-bond donors (Lipinski definition) is 2. The zero-order valence-electron chi connectivity index (χ0n) is 8.97. The summed E-state index contributed by atoms with van der Waals surface area (Å²) in [6.07, 6.45) is 4.10. The fourth-order valence-electron chi connectivity index (χ4n) is 2.10. The molecule has 1 aromatic rings. The van der Waals surface area contributed by atoms with Crippen LogP contribution in [0.25, 0.3) is 0 Å². The van der Waals surface area contributed by atoms with Crippen LogP contribution in [0.3, 0.4) is 0 Å². The van der Waals surface area contributed by atoms with Gasteiger partial charge in [0.25, 0.3) is 0 Å². The maximum atomic E-state index is 10.2. The molecule has 0 heterocycles. The minimum atomic E-state index is -0.507. The standard InChI is InChI=1S/C12H15Br2NO/c13-9-3-4-11(10(14)7-9)15-8-12(16)5-1-2-6-12/h3-4,7,15-16H,1-2,5-6,8H2. The monoisotopic (exact) mass is 347 g/mol. The lowest BCUT2D eigenvalue weighted by molar-refractivity contribution is 0.0614. The molecule has 0 amide bonds. The van der Waals surface area contributed by atoms with Gasteiger partial charge in [0.1, 0.15) is 0 Å². The van der Waals surface area contributed by atoms with E-state index in [9.17, 15) is 5.11 Å². The van der Waals surface area contributed by atoms with Crippen LogP contribution in [0.1, 0.15) is 25.7 Å². The van der Waals surface area contributed by atoms with E-state index in [4.69, 9.17) is 0 Å². The molecule has 0 saturated heterocycles. The Bertz CT molecular complexity index is 375. The van der Waals surface area contributed by atoms with Gasteiger partial charge in [0.05, 0.1) is 5.60 Å². The first-order valence-corrected chi connectivity index (χ1v) is 7.09. The Morgan fingerprint density at radius 2 is 1.94 bits per heavy atom. The van der Waals surface area contributed by atoms with Gasteiger partial charge in [-0.1, -0.05) is 28.8 Å². The number of nitrogens with one attached hydrogen (secondary N) is 1. The van der Waals surface area contributed by atoms with E-state index in [0.717, 1.165) is 40.3 Å². The van der Waals surface area contributed by atoms with Gasteiger partial charge in [-0.15, -0.1) is 0 Å². The molecule has 0 aromatic heterocycles. The molecule has 0 radical (unpaired) electrons. The van der Waals surface area contributed by atoms with Crippen LogP contribution >= 0.6 is 31.9 Å². The summed E-state index contributed by atoms with van der Waals surface area (Å²) in [5.41, 5.74) is 0.524. The first-order chi connectivity index (χ1) is 7.59. The Labute approximate surface area is 113 Å². The summed E-state index contributed by atoms with van der Waals surface area (Å²) < 4.78 is 2.06. The highest BCUT2D eigenvalue weighted by molar-refractivity contribution is 9.11. The van der Waals surface area contributed by atoms with Crippen LogP contribution in [0.15, 0.2) is 27.1 Å². The van der Waals surface area contributed by atoms with Crippen molar-refractivity contribution in [3.8, 4) is 0 Å². The molecule has 1 saturated carbocycles. The summed E-state index contributed by atoms with van der Waals surface area (Å²) in [7, 11) is 0. The summed E-state index contributed by atoms with van der Waals surface area (Å²) in [6, 6.07) is 6.00. The molecule has 2 nitrogen and oxygen atoms in total. The minimum Gasteiger partial charge on any atom is -0.388 e. The smallest absolute Gasteiger partial charge is 0.0819 e. The zero-order valence-corrected chi connectivity index (χ0v) is 12.1. The second-order valence-electron chi connectivity index (χ2n) is 4.41.